The number of hydrogen-bond donors (Lipinski definition) is 2. The minimum atomic E-state index is -0.443. The molecule has 1 aliphatic heterocycles. The topological polar surface area (TPSA) is 79.3 Å². The molecule has 2 heterocycles. The molecule has 0 unspecified atom stereocenters. The van der Waals surface area contributed by atoms with Gasteiger partial charge >= 0.3 is 0 Å². The molecule has 2 N–H and O–H groups in total. The van der Waals surface area contributed by atoms with Crippen molar-refractivity contribution in [3.05, 3.63) is 66.1 Å². The van der Waals surface area contributed by atoms with E-state index >= 15 is 0 Å². The fraction of sp³-hybridized carbons (Fsp3) is 0.346. The van der Waals surface area contributed by atoms with Crippen LogP contribution in [0.4, 0.5) is 21.6 Å². The average Bonchev–Trinajstić information content (AvgIpc) is 3.17. The number of rotatable bonds is 6. The Morgan fingerprint density at radius 2 is 1.65 bits per heavy atom. The Morgan fingerprint density at radius 3 is 2.29 bits per heavy atom. The van der Waals surface area contributed by atoms with Gasteiger partial charge in [-0.15, -0.1) is 0 Å². The molecule has 0 saturated carbocycles. The number of benzene rings is 2. The lowest BCUT2D eigenvalue weighted by Crippen LogP contribution is -2.39. The van der Waals surface area contributed by atoms with Gasteiger partial charge in [0.25, 0.3) is 0 Å². The Bertz CT molecular complexity index is 1170. The van der Waals surface area contributed by atoms with Gasteiger partial charge < -0.3 is 15.5 Å². The molecule has 1 aromatic heterocycles. The lowest BCUT2D eigenvalue weighted by Gasteiger charge is -2.33. The second-order valence-electron chi connectivity index (χ2n) is 8.91. The molecule has 7 nitrogen and oxygen atoms in total. The maximum absolute atomic E-state index is 13.9. The van der Waals surface area contributed by atoms with Gasteiger partial charge in [0.2, 0.25) is 11.8 Å². The van der Waals surface area contributed by atoms with E-state index in [-0.39, 0.29) is 29.3 Å². The van der Waals surface area contributed by atoms with Crippen LogP contribution in [-0.4, -0.2) is 34.7 Å². The zero-order chi connectivity index (χ0) is 24.2. The summed E-state index contributed by atoms with van der Waals surface area (Å²) in [6.45, 7) is 6.81. The molecule has 1 fully saturated rings. The number of piperidine rings is 1. The molecule has 0 atom stereocenters. The highest BCUT2D eigenvalue weighted by atomic mass is 19.1. The van der Waals surface area contributed by atoms with E-state index in [0.717, 1.165) is 17.2 Å². The van der Waals surface area contributed by atoms with Crippen molar-refractivity contribution >= 4 is 29.0 Å². The summed E-state index contributed by atoms with van der Waals surface area (Å²) in [5, 5.41) is 10.5. The molecule has 2 aromatic carbocycles. The highest BCUT2D eigenvalue weighted by Gasteiger charge is 2.30. The highest BCUT2D eigenvalue weighted by Crippen LogP contribution is 2.35. The van der Waals surface area contributed by atoms with Crippen molar-refractivity contribution in [3.8, 4) is 5.69 Å². The molecule has 2 amide bonds. The third-order valence-electron chi connectivity index (χ3n) is 6.11. The molecule has 0 bridgehead atoms. The average molecular weight is 464 g/mol. The second kappa shape index (κ2) is 10.1. The van der Waals surface area contributed by atoms with Gasteiger partial charge in [-0.1, -0.05) is 44.2 Å². The number of halogens is 1. The molecular formula is C26H30FN5O2. The number of nitrogens with zero attached hydrogens (tertiary/aromatic N) is 3. The quantitative estimate of drug-likeness (QED) is 0.552. The lowest BCUT2D eigenvalue weighted by molar-refractivity contribution is -0.120. The maximum atomic E-state index is 13.9. The summed E-state index contributed by atoms with van der Waals surface area (Å²) in [4.78, 5) is 27.5. The summed E-state index contributed by atoms with van der Waals surface area (Å²) in [7, 11) is 0. The Balaban J connectivity index is 1.56. The number of hydrogen-bond acceptors (Lipinski definition) is 4. The number of anilines is 3. The van der Waals surface area contributed by atoms with Gasteiger partial charge in [0.05, 0.1) is 17.1 Å². The van der Waals surface area contributed by atoms with E-state index in [1.165, 1.54) is 6.07 Å². The van der Waals surface area contributed by atoms with Crippen LogP contribution in [0.15, 0.2) is 54.6 Å². The van der Waals surface area contributed by atoms with Crippen molar-refractivity contribution in [1.29, 1.82) is 0 Å². The summed E-state index contributed by atoms with van der Waals surface area (Å²) >= 11 is 0. The smallest absolute Gasteiger partial charge is 0.227 e. The predicted molar refractivity (Wildman–Crippen MR) is 132 cm³/mol. The third-order valence-corrected chi connectivity index (χ3v) is 6.11. The maximum Gasteiger partial charge on any atom is 0.227 e. The number of aromatic nitrogens is 2. The number of aryl methyl sites for hydroxylation is 1. The SMILES string of the molecule is Cc1nn(-c2ccccc2)c(N2CCC(C(=O)Nc3ccccc3F)CC2)c1NC(=O)C(C)C. The number of amides is 2. The Hall–Kier alpha value is -3.68. The molecule has 8 heteroatoms. The first-order chi connectivity index (χ1) is 16.3. The van der Waals surface area contributed by atoms with Gasteiger partial charge in [-0.25, -0.2) is 9.07 Å². The third kappa shape index (κ3) is 4.95. The lowest BCUT2D eigenvalue weighted by atomic mass is 9.95. The Labute approximate surface area is 199 Å². The Morgan fingerprint density at radius 1 is 1.00 bits per heavy atom. The number of para-hydroxylation sites is 2. The molecule has 1 aliphatic rings. The normalized spacial score (nSPS) is 14.3. The van der Waals surface area contributed by atoms with Gasteiger partial charge in [-0.2, -0.15) is 5.10 Å². The first kappa shape index (κ1) is 23.5. The van der Waals surface area contributed by atoms with Crippen LogP contribution in [0.25, 0.3) is 5.69 Å². The Kier molecular flexibility index (Phi) is 6.95. The number of nitrogens with one attached hydrogen (secondary N) is 2. The first-order valence-corrected chi connectivity index (χ1v) is 11.6. The summed E-state index contributed by atoms with van der Waals surface area (Å²) < 4.78 is 15.8. The molecule has 4 rings (SSSR count). The fourth-order valence-electron chi connectivity index (χ4n) is 4.12. The number of carbonyl (C=O) groups excluding carboxylic acids is 2. The van der Waals surface area contributed by atoms with Crippen LogP contribution in [-0.2, 0) is 9.59 Å². The molecule has 3 aromatic rings. The van der Waals surface area contributed by atoms with Crippen LogP contribution < -0.4 is 15.5 Å². The first-order valence-electron chi connectivity index (χ1n) is 11.6. The predicted octanol–water partition coefficient (Wildman–Crippen LogP) is 4.77. The van der Waals surface area contributed by atoms with Gasteiger partial charge in [0.15, 0.2) is 5.82 Å². The summed E-state index contributed by atoms with van der Waals surface area (Å²) in [6, 6.07) is 16.0. The summed E-state index contributed by atoms with van der Waals surface area (Å²) in [6.07, 6.45) is 1.22. The van der Waals surface area contributed by atoms with Gasteiger partial charge in [0.1, 0.15) is 11.5 Å². The molecule has 34 heavy (non-hydrogen) atoms. The van der Waals surface area contributed by atoms with Gasteiger partial charge in [-0.05, 0) is 44.0 Å². The van der Waals surface area contributed by atoms with Crippen LogP contribution in [0.1, 0.15) is 32.4 Å². The second-order valence-corrected chi connectivity index (χ2v) is 8.91. The molecule has 0 radical (unpaired) electrons. The zero-order valence-corrected chi connectivity index (χ0v) is 19.7. The van der Waals surface area contributed by atoms with E-state index in [2.05, 4.69) is 15.5 Å². The van der Waals surface area contributed by atoms with Crippen molar-refractivity contribution in [2.24, 2.45) is 11.8 Å². The van der Waals surface area contributed by atoms with Gasteiger partial charge in [0, 0.05) is 24.9 Å². The largest absolute Gasteiger partial charge is 0.355 e. The van der Waals surface area contributed by atoms with E-state index in [1.54, 1.807) is 18.2 Å². The fourth-order valence-corrected chi connectivity index (χ4v) is 4.12. The molecule has 0 spiro atoms. The van der Waals surface area contributed by atoms with Crippen molar-refractivity contribution in [3.63, 3.8) is 0 Å². The summed E-state index contributed by atoms with van der Waals surface area (Å²) in [5.74, 6) is -0.271. The van der Waals surface area contributed by atoms with Crippen molar-refractivity contribution in [2.75, 3.05) is 28.6 Å². The summed E-state index contributed by atoms with van der Waals surface area (Å²) in [5.41, 5.74) is 2.51. The monoisotopic (exact) mass is 463 g/mol. The molecule has 0 aliphatic carbocycles. The zero-order valence-electron chi connectivity index (χ0n) is 19.7. The van der Waals surface area contributed by atoms with Crippen molar-refractivity contribution < 1.29 is 14.0 Å². The molecule has 178 valence electrons. The van der Waals surface area contributed by atoms with Crippen LogP contribution in [0.5, 0.6) is 0 Å². The van der Waals surface area contributed by atoms with E-state index < -0.39 is 5.82 Å². The van der Waals surface area contributed by atoms with Crippen LogP contribution in [0.2, 0.25) is 0 Å². The minimum Gasteiger partial charge on any atom is -0.355 e. The van der Waals surface area contributed by atoms with Crippen LogP contribution >= 0.6 is 0 Å². The van der Waals surface area contributed by atoms with Crippen molar-refractivity contribution in [2.45, 2.75) is 33.6 Å². The van der Waals surface area contributed by atoms with Crippen LogP contribution in [0.3, 0.4) is 0 Å². The van der Waals surface area contributed by atoms with E-state index in [9.17, 15) is 14.0 Å². The van der Waals surface area contributed by atoms with Crippen LogP contribution in [0, 0.1) is 24.6 Å². The number of carbonyl (C=O) groups is 2. The van der Waals surface area contributed by atoms with E-state index in [1.807, 2.05) is 55.8 Å². The molecular weight excluding hydrogens is 433 g/mol. The highest BCUT2D eigenvalue weighted by molar-refractivity contribution is 5.96. The standard InChI is InChI=1S/C26H30FN5O2/c1-17(2)24(33)29-23-18(3)30-32(20-9-5-4-6-10-20)26(23)31-15-13-19(14-16-31)25(34)28-22-12-8-7-11-21(22)27/h4-12,17,19H,13-16H2,1-3H3,(H,28,34)(H,29,33). The van der Waals surface area contributed by atoms with Crippen molar-refractivity contribution in [1.82, 2.24) is 9.78 Å². The van der Waals surface area contributed by atoms with E-state index in [0.29, 0.717) is 31.6 Å². The molecule has 1 saturated heterocycles. The van der Waals surface area contributed by atoms with E-state index in [4.69, 9.17) is 5.10 Å². The minimum absolute atomic E-state index is 0.0730. The van der Waals surface area contributed by atoms with Gasteiger partial charge in [-0.3, -0.25) is 9.59 Å².